The van der Waals surface area contributed by atoms with Gasteiger partial charge in [-0.25, -0.2) is 9.69 Å². The standard InChI is InChI=1S/C26H21ClN2O4/c1-16-11-12-18(13-17(16)2)15-33-23-10-6-3-7-19(23)14-20-24(30)28-26(32)29(25(20)31)22-9-5-4-8-21(22)27/h3-14H,15H2,1-2H3,(H,28,30,32)/b20-14+. The molecule has 0 bridgehead atoms. The molecule has 6 nitrogen and oxygen atoms in total. The minimum Gasteiger partial charge on any atom is -0.488 e. The number of hydrogen-bond acceptors (Lipinski definition) is 4. The summed E-state index contributed by atoms with van der Waals surface area (Å²) in [6, 6.07) is 18.7. The molecular formula is C26H21ClN2O4. The molecule has 1 aliphatic heterocycles. The van der Waals surface area contributed by atoms with Crippen molar-refractivity contribution in [3.8, 4) is 5.75 Å². The van der Waals surface area contributed by atoms with Gasteiger partial charge in [0.1, 0.15) is 17.9 Å². The van der Waals surface area contributed by atoms with Crippen LogP contribution in [0.25, 0.3) is 6.08 Å². The zero-order valence-corrected chi connectivity index (χ0v) is 18.8. The van der Waals surface area contributed by atoms with Gasteiger partial charge >= 0.3 is 6.03 Å². The summed E-state index contributed by atoms with van der Waals surface area (Å²) in [5.74, 6) is -1.04. The van der Waals surface area contributed by atoms with E-state index in [0.29, 0.717) is 17.9 Å². The molecule has 4 amide bonds. The molecule has 166 valence electrons. The number of ether oxygens (including phenoxy) is 1. The van der Waals surface area contributed by atoms with E-state index in [0.717, 1.165) is 10.5 Å². The van der Waals surface area contributed by atoms with E-state index in [9.17, 15) is 14.4 Å². The lowest BCUT2D eigenvalue weighted by atomic mass is 10.1. The van der Waals surface area contributed by atoms with Crippen LogP contribution in [0.5, 0.6) is 5.75 Å². The normalized spacial score (nSPS) is 15.1. The van der Waals surface area contributed by atoms with Gasteiger partial charge in [0.05, 0.1) is 10.7 Å². The number of halogens is 1. The number of barbiturate groups is 1. The highest BCUT2D eigenvalue weighted by Gasteiger charge is 2.37. The van der Waals surface area contributed by atoms with Crippen molar-refractivity contribution in [2.45, 2.75) is 20.5 Å². The number of imide groups is 2. The first-order valence-electron chi connectivity index (χ1n) is 10.3. The maximum atomic E-state index is 13.1. The van der Waals surface area contributed by atoms with Gasteiger partial charge in [0, 0.05) is 5.56 Å². The number of carbonyl (C=O) groups excluding carboxylic acids is 3. The van der Waals surface area contributed by atoms with Gasteiger partial charge in [0.15, 0.2) is 0 Å². The number of amides is 4. The minimum absolute atomic E-state index is 0.194. The van der Waals surface area contributed by atoms with Crippen molar-refractivity contribution in [3.05, 3.63) is 99.6 Å². The Bertz CT molecular complexity index is 1300. The van der Waals surface area contributed by atoms with Gasteiger partial charge in [0.2, 0.25) is 0 Å². The molecule has 0 aliphatic carbocycles. The highest BCUT2D eigenvalue weighted by Crippen LogP contribution is 2.30. The average molecular weight is 461 g/mol. The summed E-state index contributed by atoms with van der Waals surface area (Å²) in [7, 11) is 0. The second-order valence-electron chi connectivity index (χ2n) is 7.65. The average Bonchev–Trinajstić information content (AvgIpc) is 2.79. The van der Waals surface area contributed by atoms with Crippen LogP contribution in [0, 0.1) is 13.8 Å². The second-order valence-corrected chi connectivity index (χ2v) is 8.06. The lowest BCUT2D eigenvalue weighted by Crippen LogP contribution is -2.54. The van der Waals surface area contributed by atoms with Crippen LogP contribution in [-0.2, 0) is 16.2 Å². The lowest BCUT2D eigenvalue weighted by molar-refractivity contribution is -0.122. The molecule has 4 rings (SSSR count). The van der Waals surface area contributed by atoms with Crippen LogP contribution in [0.1, 0.15) is 22.3 Å². The number of benzene rings is 3. The summed E-state index contributed by atoms with van der Waals surface area (Å²) < 4.78 is 5.99. The van der Waals surface area contributed by atoms with Crippen molar-refractivity contribution in [2.75, 3.05) is 4.90 Å². The minimum atomic E-state index is -0.852. The Morgan fingerprint density at radius 3 is 2.42 bits per heavy atom. The zero-order chi connectivity index (χ0) is 23.5. The summed E-state index contributed by atoms with van der Waals surface area (Å²) in [5.41, 5.74) is 3.90. The Morgan fingerprint density at radius 1 is 0.939 bits per heavy atom. The number of hydrogen-bond donors (Lipinski definition) is 1. The van der Waals surface area contributed by atoms with Crippen LogP contribution in [0.15, 0.2) is 72.3 Å². The van der Waals surface area contributed by atoms with Crippen molar-refractivity contribution in [2.24, 2.45) is 0 Å². The molecule has 3 aromatic rings. The predicted octanol–water partition coefficient (Wildman–Crippen LogP) is 5.20. The van der Waals surface area contributed by atoms with Crippen LogP contribution < -0.4 is 15.0 Å². The predicted molar refractivity (Wildman–Crippen MR) is 127 cm³/mol. The Kier molecular flexibility index (Phi) is 6.29. The number of nitrogens with one attached hydrogen (secondary N) is 1. The summed E-state index contributed by atoms with van der Waals surface area (Å²) in [4.78, 5) is 38.9. The van der Waals surface area contributed by atoms with E-state index in [1.807, 2.05) is 26.0 Å². The van der Waals surface area contributed by atoms with E-state index in [-0.39, 0.29) is 16.3 Å². The van der Waals surface area contributed by atoms with Crippen LogP contribution in [0.4, 0.5) is 10.5 Å². The van der Waals surface area contributed by atoms with E-state index in [1.165, 1.54) is 23.3 Å². The molecule has 0 aromatic heterocycles. The third-order valence-electron chi connectivity index (χ3n) is 5.38. The molecule has 0 unspecified atom stereocenters. The molecule has 33 heavy (non-hydrogen) atoms. The Labute approximate surface area is 196 Å². The second kappa shape index (κ2) is 9.30. The largest absolute Gasteiger partial charge is 0.488 e. The van der Waals surface area contributed by atoms with E-state index in [1.54, 1.807) is 42.5 Å². The fourth-order valence-corrected chi connectivity index (χ4v) is 3.67. The first kappa shape index (κ1) is 22.3. The van der Waals surface area contributed by atoms with Gasteiger partial charge in [0.25, 0.3) is 11.8 Å². The first-order chi connectivity index (χ1) is 15.8. The molecule has 0 spiro atoms. The van der Waals surface area contributed by atoms with E-state index in [2.05, 4.69) is 11.4 Å². The Hall–Kier alpha value is -3.90. The van der Waals surface area contributed by atoms with Crippen molar-refractivity contribution in [3.63, 3.8) is 0 Å². The number of anilines is 1. The van der Waals surface area contributed by atoms with E-state index in [4.69, 9.17) is 16.3 Å². The highest BCUT2D eigenvalue weighted by molar-refractivity contribution is 6.42. The molecule has 1 heterocycles. The SMILES string of the molecule is Cc1ccc(COc2ccccc2/C=C2\C(=O)NC(=O)N(c3ccccc3Cl)C2=O)cc1C. The van der Waals surface area contributed by atoms with Gasteiger partial charge < -0.3 is 4.74 Å². The third kappa shape index (κ3) is 4.66. The molecule has 7 heteroatoms. The summed E-state index contributed by atoms with van der Waals surface area (Å²) in [5, 5.41) is 2.42. The third-order valence-corrected chi connectivity index (χ3v) is 5.70. The van der Waals surface area contributed by atoms with Crippen LogP contribution >= 0.6 is 11.6 Å². The van der Waals surface area contributed by atoms with Crippen LogP contribution in [0.2, 0.25) is 5.02 Å². The molecule has 1 saturated heterocycles. The van der Waals surface area contributed by atoms with Crippen LogP contribution in [0.3, 0.4) is 0 Å². The number of rotatable bonds is 5. The first-order valence-corrected chi connectivity index (χ1v) is 10.7. The van der Waals surface area contributed by atoms with Crippen molar-refractivity contribution < 1.29 is 19.1 Å². The molecule has 0 saturated carbocycles. The smallest absolute Gasteiger partial charge is 0.335 e. The summed E-state index contributed by atoms with van der Waals surface area (Å²) in [6.45, 7) is 4.41. The van der Waals surface area contributed by atoms with Gasteiger partial charge in [-0.15, -0.1) is 0 Å². The number of carbonyl (C=O) groups is 3. The quantitative estimate of drug-likeness (QED) is 0.419. The van der Waals surface area contributed by atoms with Gasteiger partial charge in [-0.2, -0.15) is 0 Å². The van der Waals surface area contributed by atoms with E-state index < -0.39 is 17.8 Å². The van der Waals surface area contributed by atoms with E-state index >= 15 is 0 Å². The van der Waals surface area contributed by atoms with Crippen LogP contribution in [-0.4, -0.2) is 17.8 Å². The zero-order valence-electron chi connectivity index (χ0n) is 18.1. The maximum absolute atomic E-state index is 13.1. The van der Waals surface area contributed by atoms with Crippen molar-refractivity contribution in [1.82, 2.24) is 5.32 Å². The molecule has 1 N–H and O–H groups in total. The lowest BCUT2D eigenvalue weighted by Gasteiger charge is -2.27. The fraction of sp³-hybridized carbons (Fsp3) is 0.115. The number of para-hydroxylation sites is 2. The monoisotopic (exact) mass is 460 g/mol. The van der Waals surface area contributed by atoms with Crippen molar-refractivity contribution in [1.29, 1.82) is 0 Å². The molecule has 1 aliphatic rings. The molecular weight excluding hydrogens is 440 g/mol. The molecule has 3 aromatic carbocycles. The fourth-order valence-electron chi connectivity index (χ4n) is 3.45. The van der Waals surface area contributed by atoms with Gasteiger partial charge in [-0.1, -0.05) is 60.1 Å². The highest BCUT2D eigenvalue weighted by atomic mass is 35.5. The Morgan fingerprint density at radius 2 is 1.67 bits per heavy atom. The molecule has 1 fully saturated rings. The molecule has 0 radical (unpaired) electrons. The Balaban J connectivity index is 1.64. The van der Waals surface area contributed by atoms with Gasteiger partial charge in [-0.3, -0.25) is 14.9 Å². The number of aryl methyl sites for hydroxylation is 2. The number of nitrogens with zero attached hydrogens (tertiary/aromatic N) is 1. The summed E-state index contributed by atoms with van der Waals surface area (Å²) in [6.07, 6.45) is 1.42. The molecule has 0 atom stereocenters. The summed E-state index contributed by atoms with van der Waals surface area (Å²) >= 11 is 6.18. The number of urea groups is 1. The maximum Gasteiger partial charge on any atom is 0.335 e. The van der Waals surface area contributed by atoms with Crippen molar-refractivity contribution >= 4 is 41.2 Å². The van der Waals surface area contributed by atoms with Gasteiger partial charge in [-0.05, 0) is 54.8 Å². The topological polar surface area (TPSA) is 75.7 Å².